The molecule has 14 rings (SSSR count). The quantitative estimate of drug-likeness (QED) is 0.0636. The number of fused-ring (bicyclic) bond motifs is 3. The number of carbonyl (C=O) groups is 7. The van der Waals surface area contributed by atoms with Crippen LogP contribution in [-0.4, -0.2) is 60.7 Å². The number of carbonyl (C=O) groups excluding carboxylic acids is 7. The number of hydrogen-bond acceptors (Lipinski definition) is 12. The van der Waals surface area contributed by atoms with Gasteiger partial charge in [-0.3, -0.25) is 33.6 Å². The lowest BCUT2D eigenvalue weighted by Gasteiger charge is -2.30. The highest BCUT2D eigenvalue weighted by Crippen LogP contribution is 2.79. The Morgan fingerprint density at radius 2 is 0.723 bits per heavy atom. The number of imide groups is 3. The van der Waals surface area contributed by atoms with Crippen LogP contribution in [0, 0.1) is 56.7 Å². The Balaban J connectivity index is 0.000000144. The Bertz CT molecular complexity index is 4650. The summed E-state index contributed by atoms with van der Waals surface area (Å²) in [6, 6.07) is 47.6. The average Bonchev–Trinajstić information content (AvgIpc) is 1.47. The fourth-order valence-corrected chi connectivity index (χ4v) is 17.5. The van der Waals surface area contributed by atoms with Crippen molar-refractivity contribution < 1.29 is 74.1 Å². The summed E-state index contributed by atoms with van der Waals surface area (Å²) in [4.78, 5) is 98.2. The molecule has 9 atom stereocenters. The number of halogens is 13. The van der Waals surface area contributed by atoms with Crippen molar-refractivity contribution in [3.05, 3.63) is 249 Å². The maximum absolute atomic E-state index is 13.8. The number of rotatable bonds is 12. The Hall–Kier alpha value is -8.97. The number of nitrogens with zero attached hydrogens (tertiary/aromatic N) is 5. The third kappa shape index (κ3) is 11.3. The third-order valence-electron chi connectivity index (χ3n) is 19.8. The second-order valence-electron chi connectivity index (χ2n) is 24.9. The number of amides is 6. The van der Waals surface area contributed by atoms with Crippen LogP contribution >= 0.6 is 85.5 Å². The van der Waals surface area contributed by atoms with Crippen LogP contribution in [-0.2, 0) is 54.5 Å². The van der Waals surface area contributed by atoms with Crippen LogP contribution in [0.25, 0.3) is 0 Å². The molecular formula is C73H46BrCl6F6N5O10. The lowest BCUT2D eigenvalue weighted by molar-refractivity contribution is -0.275. The molecule has 15 nitrogen and oxygen atoms in total. The van der Waals surface area contributed by atoms with Crippen molar-refractivity contribution in [1.82, 2.24) is 0 Å². The first kappa shape index (κ1) is 71.8. The van der Waals surface area contributed by atoms with Crippen LogP contribution in [0.15, 0.2) is 180 Å². The standard InChI is InChI=1S/2C26H15Cl2F3N2O3.C21H16BrCl2NO4/c2*1-24-21(22(34)33(23(24)35)19-11-17(27)10-18(28)12-19)25(24,15-4-2-14(13-32)3-5-15)16-6-8-20(9-7-16)36-26(29,30)31;1-3-29-19(28)21(11-4-6-12(22)7-5-11)16-17(26)25(18(27)20(16,21)2)15-9-13(23)8-14(24)10-15/h2*2-12,21H,1H3;4-10,16H,3H2,1-2H3/t21-,24-,25+;21-,24-,25-;16-,20-,21-/m111/s1. The molecule has 0 unspecified atom stereocenters. The second-order valence-corrected chi connectivity index (χ2v) is 28.4. The van der Waals surface area contributed by atoms with Gasteiger partial charge in [-0.25, -0.2) is 14.7 Å². The number of benzene rings is 8. The molecule has 3 aliphatic heterocycles. The highest BCUT2D eigenvalue weighted by atomic mass is 79.9. The minimum atomic E-state index is -4.86. The maximum atomic E-state index is 13.8. The van der Waals surface area contributed by atoms with E-state index < -0.39 is 116 Å². The zero-order valence-corrected chi connectivity index (χ0v) is 58.5. The topological polar surface area (TPSA) is 204 Å². The molecule has 101 heavy (non-hydrogen) atoms. The van der Waals surface area contributed by atoms with Gasteiger partial charge in [0.25, 0.3) is 0 Å². The summed E-state index contributed by atoms with van der Waals surface area (Å²) in [7, 11) is 0. The van der Waals surface area contributed by atoms with Gasteiger partial charge in [-0.2, -0.15) is 10.5 Å². The number of nitriles is 2. The summed E-state index contributed by atoms with van der Waals surface area (Å²) >= 11 is 39.8. The molecule has 28 heteroatoms. The molecular weight excluding hydrogens is 1510 g/mol. The van der Waals surface area contributed by atoms with Crippen LogP contribution in [0.4, 0.5) is 43.4 Å². The minimum absolute atomic E-state index is 0.149. The fourth-order valence-electron chi connectivity index (χ4n) is 15.7. The van der Waals surface area contributed by atoms with E-state index in [2.05, 4.69) is 25.4 Å². The molecule has 0 aromatic heterocycles. The van der Waals surface area contributed by atoms with Crippen molar-refractivity contribution in [3.8, 4) is 23.6 Å². The third-order valence-corrected chi connectivity index (χ3v) is 21.7. The first-order chi connectivity index (χ1) is 47.5. The van der Waals surface area contributed by atoms with Crippen molar-refractivity contribution in [2.24, 2.45) is 34.0 Å². The maximum Gasteiger partial charge on any atom is 0.573 e. The molecule has 3 saturated carbocycles. The Kier molecular flexibility index (Phi) is 18.2. The van der Waals surface area contributed by atoms with Gasteiger partial charge in [-0.15, -0.1) is 26.3 Å². The smallest absolute Gasteiger partial charge is 0.465 e. The highest BCUT2D eigenvalue weighted by molar-refractivity contribution is 9.10. The van der Waals surface area contributed by atoms with Gasteiger partial charge in [0.15, 0.2) is 0 Å². The van der Waals surface area contributed by atoms with Crippen molar-refractivity contribution in [2.45, 2.75) is 56.7 Å². The summed E-state index contributed by atoms with van der Waals surface area (Å²) in [6.45, 7) is 6.79. The molecule has 6 fully saturated rings. The monoisotopic (exact) mass is 1560 g/mol. The Labute approximate surface area is 609 Å². The summed E-state index contributed by atoms with van der Waals surface area (Å²) in [5, 5.41) is 20.0. The molecule has 6 amide bonds. The van der Waals surface area contributed by atoms with Gasteiger partial charge in [0.2, 0.25) is 35.4 Å². The van der Waals surface area contributed by atoms with Crippen LogP contribution in [0.1, 0.15) is 66.6 Å². The van der Waals surface area contributed by atoms with Gasteiger partial charge in [0, 0.05) is 45.4 Å². The van der Waals surface area contributed by atoms with E-state index in [0.717, 1.165) is 43.4 Å². The molecule has 6 aliphatic rings. The summed E-state index contributed by atoms with van der Waals surface area (Å²) in [5.74, 6) is -6.87. The largest absolute Gasteiger partial charge is 0.573 e. The van der Waals surface area contributed by atoms with Gasteiger partial charge in [-0.1, -0.05) is 146 Å². The molecule has 8 aromatic rings. The van der Waals surface area contributed by atoms with Crippen LogP contribution < -0.4 is 24.2 Å². The van der Waals surface area contributed by atoms with Gasteiger partial charge < -0.3 is 14.2 Å². The minimum Gasteiger partial charge on any atom is -0.465 e. The van der Waals surface area contributed by atoms with E-state index in [1.54, 1.807) is 100 Å². The zero-order chi connectivity index (χ0) is 73.2. The summed E-state index contributed by atoms with van der Waals surface area (Å²) < 4.78 is 90.1. The summed E-state index contributed by atoms with van der Waals surface area (Å²) in [6.07, 6.45) is -9.72. The SMILES string of the molecule is CCOC(=O)[C@@]1(c2ccc(Br)cc2)[C@@H]2C(=O)N(c3cc(Cl)cc(Cl)c3)C(=O)[C@@]21C.C[C@]12C(=O)N(c3cc(Cl)cc(Cl)c3)C(=O)[C@H]1[C@@]2(c1ccc(C#N)cc1)c1ccc(OC(F)(F)F)cc1.C[C@]12C(=O)N(c3cc(Cl)cc(Cl)c3)C(=O)[C@H]1[C@]2(c1ccc(C#N)cc1)c1ccc(OC(F)(F)F)cc1. The molecule has 0 radical (unpaired) electrons. The number of esters is 1. The molecule has 0 spiro atoms. The van der Waals surface area contributed by atoms with E-state index in [4.69, 9.17) is 74.3 Å². The second kappa shape index (κ2) is 25.5. The Morgan fingerprint density at radius 1 is 0.446 bits per heavy atom. The molecule has 3 heterocycles. The lowest BCUT2D eigenvalue weighted by Crippen LogP contribution is -2.45. The van der Waals surface area contributed by atoms with Gasteiger partial charge >= 0.3 is 18.7 Å². The molecule has 3 aliphatic carbocycles. The van der Waals surface area contributed by atoms with Crippen molar-refractivity contribution in [2.75, 3.05) is 21.3 Å². The van der Waals surface area contributed by atoms with E-state index in [9.17, 15) is 70.4 Å². The first-order valence-corrected chi connectivity index (χ1v) is 33.3. The van der Waals surface area contributed by atoms with E-state index >= 15 is 0 Å². The van der Waals surface area contributed by atoms with E-state index in [1.165, 1.54) is 78.9 Å². The highest BCUT2D eigenvalue weighted by Gasteiger charge is 2.91. The lowest BCUT2D eigenvalue weighted by atomic mass is 9.78. The predicted molar refractivity (Wildman–Crippen MR) is 364 cm³/mol. The average molecular weight is 1560 g/mol. The number of ether oxygens (including phenoxy) is 3. The van der Waals surface area contributed by atoms with Crippen molar-refractivity contribution in [3.63, 3.8) is 0 Å². The molecule has 0 N–H and O–H groups in total. The molecule has 514 valence electrons. The number of alkyl halides is 6. The van der Waals surface area contributed by atoms with Gasteiger partial charge in [-0.05, 0) is 171 Å². The molecule has 3 saturated heterocycles. The number of piperidine rings is 3. The predicted octanol–water partition coefficient (Wildman–Crippen LogP) is 17.3. The van der Waals surface area contributed by atoms with Crippen LogP contribution in [0.5, 0.6) is 11.5 Å². The van der Waals surface area contributed by atoms with Crippen molar-refractivity contribution in [1.29, 1.82) is 10.5 Å². The van der Waals surface area contributed by atoms with Crippen molar-refractivity contribution >= 4 is 144 Å². The first-order valence-electron chi connectivity index (χ1n) is 30.3. The zero-order valence-electron chi connectivity index (χ0n) is 52.4. The van der Waals surface area contributed by atoms with E-state index in [0.29, 0.717) is 54.7 Å². The molecule has 8 aromatic carbocycles. The van der Waals surface area contributed by atoms with E-state index in [-0.39, 0.29) is 38.1 Å². The normalized spacial score (nSPS) is 25.7. The molecule has 0 bridgehead atoms. The number of anilines is 3. The van der Waals surface area contributed by atoms with Crippen LogP contribution in [0.2, 0.25) is 30.1 Å². The van der Waals surface area contributed by atoms with Gasteiger partial charge in [0.1, 0.15) is 16.9 Å². The Morgan fingerprint density at radius 3 is 0.970 bits per heavy atom. The van der Waals surface area contributed by atoms with Gasteiger partial charge in [0.05, 0.1) is 80.9 Å². The van der Waals surface area contributed by atoms with Crippen LogP contribution in [0.3, 0.4) is 0 Å². The van der Waals surface area contributed by atoms with E-state index in [1.807, 2.05) is 12.1 Å². The number of hydrogen-bond donors (Lipinski definition) is 0. The fraction of sp³-hybridized carbons (Fsp3) is 0.219. The summed E-state index contributed by atoms with van der Waals surface area (Å²) in [5.41, 5.74) is -3.20.